The van der Waals surface area contributed by atoms with Crippen LogP contribution in [0.5, 0.6) is 0 Å². The summed E-state index contributed by atoms with van der Waals surface area (Å²) in [6, 6.07) is 57.1. The number of carbonyl (C=O) groups is 5. The Morgan fingerprint density at radius 1 is 0.436 bits per heavy atom. The number of amides is 5. The van der Waals surface area contributed by atoms with E-state index in [0.29, 0.717) is 46.3 Å². The van der Waals surface area contributed by atoms with Crippen LogP contribution in [0.3, 0.4) is 0 Å². The Bertz CT molecular complexity index is 4200. The van der Waals surface area contributed by atoms with E-state index in [-0.39, 0.29) is 65.8 Å². The van der Waals surface area contributed by atoms with Crippen LogP contribution in [0.1, 0.15) is 72.4 Å². The van der Waals surface area contributed by atoms with Crippen LogP contribution >= 0.6 is 0 Å². The Balaban J connectivity index is 0.934. The lowest BCUT2D eigenvalue weighted by atomic mass is 9.83. The largest absolute Gasteiger partial charge is 0.445 e. The van der Waals surface area contributed by atoms with E-state index in [1.165, 1.54) is 0 Å². The molecule has 1 aliphatic carbocycles. The number of carbonyl (C=O) groups excluding carboxylic acids is 5. The van der Waals surface area contributed by atoms with Crippen LogP contribution in [-0.2, 0) is 110 Å². The SMILES string of the molecule is CC(C)(C)[Si](C)(C)OC[C@H]1O[C@@H](O[C@@H]2[C@@H](O)[C@H](NC(=O)OCc3ccccc3)C[C@H](NC(=O)OCc3ccccc3)[C@H]2O[C@H]2O[C@@H]3COC(c4ccccc4)O[C@H]3[C@H](O)[C@H]2NC(=O)OCc2ccccc2)[C@H](OCCNCCc2ccccc2)[C@@H]1O[C@H]1O[C@@H](CNC(=O)OCc2ccccc2)[C@@H](O)[C@H](O)[C@H]1NC(=O)OCc1ccccc1. The van der Waals surface area contributed by atoms with Crippen LogP contribution in [-0.4, -0.2) is 215 Å². The average Bonchev–Trinajstić information content (AvgIpc) is 1.74. The summed E-state index contributed by atoms with van der Waals surface area (Å²) in [5.74, 6) is 0. The number of rotatable bonds is 33. The highest BCUT2D eigenvalue weighted by molar-refractivity contribution is 6.74. The van der Waals surface area contributed by atoms with Crippen molar-refractivity contribution >= 4 is 38.8 Å². The van der Waals surface area contributed by atoms with Crippen molar-refractivity contribution in [1.82, 2.24) is 31.9 Å². The van der Waals surface area contributed by atoms with Crippen LogP contribution in [0.25, 0.3) is 0 Å². The van der Waals surface area contributed by atoms with Crippen LogP contribution in [0.2, 0.25) is 18.1 Å². The molecule has 12 rings (SSSR count). The minimum Gasteiger partial charge on any atom is -0.445 e. The second-order valence-corrected chi connectivity index (χ2v) is 35.5. The third kappa shape index (κ3) is 24.6. The molecule has 4 saturated heterocycles. The van der Waals surface area contributed by atoms with Crippen LogP contribution in [0.4, 0.5) is 24.0 Å². The Morgan fingerprint density at radius 3 is 1.37 bits per heavy atom. The lowest BCUT2D eigenvalue weighted by Gasteiger charge is -2.51. The van der Waals surface area contributed by atoms with Gasteiger partial charge in [0.15, 0.2) is 33.5 Å². The number of ether oxygens (including phenoxy) is 14. The number of nitrogens with one attached hydrogen (secondary N) is 6. The van der Waals surface area contributed by atoms with Gasteiger partial charge in [-0.3, -0.25) is 0 Å². The summed E-state index contributed by atoms with van der Waals surface area (Å²) < 4.78 is 97.7. The first-order chi connectivity index (χ1) is 56.6. The number of hydrogen-bond donors (Lipinski definition) is 10. The molecule has 4 heterocycles. The topological polar surface area (TPSA) is 377 Å². The number of aliphatic hydroxyl groups excluding tert-OH is 4. The summed E-state index contributed by atoms with van der Waals surface area (Å²) in [5.41, 5.74) is 4.92. The monoisotopic (exact) mass is 1630 g/mol. The molecule has 117 heavy (non-hydrogen) atoms. The molecule has 20 atom stereocenters. The molecular weight excluding hydrogens is 1530 g/mol. The minimum absolute atomic E-state index is 0.107. The Labute approximate surface area is 680 Å². The van der Waals surface area contributed by atoms with Crippen molar-refractivity contribution in [3.63, 3.8) is 0 Å². The zero-order valence-electron chi connectivity index (χ0n) is 65.9. The molecule has 31 heteroatoms. The number of hydrogen-bond acceptors (Lipinski definition) is 25. The maximum absolute atomic E-state index is 14.7. The second kappa shape index (κ2) is 42.3. The highest BCUT2D eigenvalue weighted by atomic mass is 28.4. The van der Waals surface area contributed by atoms with E-state index in [2.05, 4.69) is 31.9 Å². The van der Waals surface area contributed by atoms with Crippen LogP contribution < -0.4 is 31.9 Å². The third-order valence-corrected chi connectivity index (χ3v) is 25.9. The van der Waals surface area contributed by atoms with Gasteiger partial charge in [0.25, 0.3) is 0 Å². The molecule has 5 aliphatic rings. The van der Waals surface area contributed by atoms with Crippen molar-refractivity contribution in [2.45, 2.75) is 207 Å². The number of alkyl carbamates (subject to hydrolysis) is 5. The molecule has 628 valence electrons. The smallest absolute Gasteiger partial charge is 0.407 e. The minimum atomic E-state index is -2.81. The van der Waals surface area contributed by atoms with E-state index in [4.69, 9.17) is 70.7 Å². The van der Waals surface area contributed by atoms with Gasteiger partial charge >= 0.3 is 30.5 Å². The highest BCUT2D eigenvalue weighted by Gasteiger charge is 2.59. The van der Waals surface area contributed by atoms with Gasteiger partial charge in [0.05, 0.1) is 31.9 Å². The molecule has 7 aromatic rings. The summed E-state index contributed by atoms with van der Waals surface area (Å²) in [6.45, 7) is 8.90. The zero-order valence-corrected chi connectivity index (χ0v) is 66.9. The van der Waals surface area contributed by atoms with Gasteiger partial charge in [-0.05, 0) is 70.9 Å². The van der Waals surface area contributed by atoms with Crippen molar-refractivity contribution in [1.29, 1.82) is 0 Å². The molecule has 4 aliphatic heterocycles. The predicted molar refractivity (Wildman–Crippen MR) is 424 cm³/mol. The summed E-state index contributed by atoms with van der Waals surface area (Å²) in [5, 5.41) is 67.6. The van der Waals surface area contributed by atoms with Gasteiger partial charge in [0, 0.05) is 18.7 Å². The Kier molecular flexibility index (Phi) is 31.4. The van der Waals surface area contributed by atoms with Crippen molar-refractivity contribution in [3.8, 4) is 0 Å². The van der Waals surface area contributed by atoms with Gasteiger partial charge < -0.3 is 123 Å². The van der Waals surface area contributed by atoms with Gasteiger partial charge in [0.2, 0.25) is 0 Å². The fourth-order valence-corrected chi connectivity index (χ4v) is 14.9. The maximum atomic E-state index is 14.7. The molecular formula is C86H106N6O24Si. The lowest BCUT2D eigenvalue weighted by molar-refractivity contribution is -0.358. The highest BCUT2D eigenvalue weighted by Crippen LogP contribution is 2.42. The Morgan fingerprint density at radius 2 is 0.863 bits per heavy atom. The molecule has 10 N–H and O–H groups in total. The molecule has 1 saturated carbocycles. The quantitative estimate of drug-likeness (QED) is 0.0104. The van der Waals surface area contributed by atoms with Gasteiger partial charge in [-0.2, -0.15) is 0 Å². The summed E-state index contributed by atoms with van der Waals surface area (Å²) >= 11 is 0. The average molecular weight is 1640 g/mol. The van der Waals surface area contributed by atoms with Crippen LogP contribution in [0.15, 0.2) is 212 Å². The molecule has 30 nitrogen and oxygen atoms in total. The first-order valence-electron chi connectivity index (χ1n) is 39.4. The standard InChI is InChI=1S/C86H106N6O24Si/c1-86(2,3)117(4,5)109-53-65-74(115-78-66(91-84(100)107-50-58-35-21-10-22-36-58)70(95)69(94)63(110-78)46-88-81(97)104-47-55-29-15-7-16-30-55)76(102-44-43-87-42-41-54-27-13-6-14-28-54)80(112-65)116-75-68(93)61(89-82(98)105-48-56-31-17-8-18-32-56)45-62(90-83(99)106-49-57-33-19-9-20-34-57)72(75)113-79-67(92-85(101)108-51-59-37-23-11-24-38-59)71(96)73-64(111-79)52-103-77(114-73)60-39-25-12-26-40-60/h6-40,61-80,87,93-96H,41-53H2,1-5H3,(H,88,97)(H,89,98)(H,90,99)(H,91,100)(H,92,101)/t61-,62+,63+,64-,65-,66-,67-,68+,69-,70-,71-,72-,73-,74-,75-,76-,77?,78-,79-,80+/m1/s1. The van der Waals surface area contributed by atoms with Crippen LogP contribution in [0, 0.1) is 0 Å². The Hall–Kier alpha value is -9.49. The molecule has 1 unspecified atom stereocenters. The van der Waals surface area contributed by atoms with Gasteiger partial charge in [-0.1, -0.05) is 233 Å². The van der Waals surface area contributed by atoms with E-state index < -0.39 is 173 Å². The molecule has 7 aromatic carbocycles. The predicted octanol–water partition coefficient (Wildman–Crippen LogP) is 8.62. The van der Waals surface area contributed by atoms with Gasteiger partial charge in [-0.25, -0.2) is 24.0 Å². The maximum Gasteiger partial charge on any atom is 0.407 e. The first kappa shape index (κ1) is 86.8. The van der Waals surface area contributed by atoms with E-state index in [1.54, 1.807) is 164 Å². The van der Waals surface area contributed by atoms with E-state index >= 15 is 0 Å². The van der Waals surface area contributed by atoms with Crippen molar-refractivity contribution in [3.05, 3.63) is 251 Å². The summed E-state index contributed by atoms with van der Waals surface area (Å²) in [4.78, 5) is 71.0. The van der Waals surface area contributed by atoms with Gasteiger partial charge in [-0.15, -0.1) is 0 Å². The summed E-state index contributed by atoms with van der Waals surface area (Å²) in [7, 11) is -2.81. The van der Waals surface area contributed by atoms with Crippen molar-refractivity contribution < 1.29 is 115 Å². The number of benzene rings is 7. The van der Waals surface area contributed by atoms with Crippen molar-refractivity contribution in [2.75, 3.05) is 39.5 Å². The zero-order chi connectivity index (χ0) is 82.3. The van der Waals surface area contributed by atoms with E-state index in [1.807, 2.05) is 82.4 Å². The molecule has 0 aromatic heterocycles. The second-order valence-electron chi connectivity index (χ2n) is 30.7. The van der Waals surface area contributed by atoms with E-state index in [0.717, 1.165) is 5.56 Å². The molecule has 0 radical (unpaired) electrons. The molecule has 5 fully saturated rings. The fraction of sp³-hybridized carbons (Fsp3) is 0.453. The third-order valence-electron chi connectivity index (χ3n) is 21.4. The normalized spacial score (nSPS) is 27.7. The number of aliphatic hydroxyl groups is 4. The number of fused-ring (bicyclic) bond motifs is 1. The van der Waals surface area contributed by atoms with Gasteiger partial charge in [0.1, 0.15) is 118 Å². The first-order valence-corrected chi connectivity index (χ1v) is 42.3. The lowest BCUT2D eigenvalue weighted by Crippen LogP contribution is -2.71. The molecule has 5 amide bonds. The molecule has 0 spiro atoms. The summed E-state index contributed by atoms with van der Waals surface area (Å²) in [6.07, 6.45) is -29.9. The van der Waals surface area contributed by atoms with E-state index in [9.17, 15) is 44.4 Å². The van der Waals surface area contributed by atoms with Crippen molar-refractivity contribution in [2.24, 2.45) is 0 Å². The molecule has 0 bridgehead atoms. The fourth-order valence-electron chi connectivity index (χ4n) is 13.9.